The van der Waals surface area contributed by atoms with Crippen molar-refractivity contribution in [1.82, 2.24) is 4.72 Å². The Morgan fingerprint density at radius 2 is 1.90 bits per heavy atom. The summed E-state index contributed by atoms with van der Waals surface area (Å²) in [4.78, 5) is 10.7. The Balaban J connectivity index is 2.46. The highest BCUT2D eigenvalue weighted by molar-refractivity contribution is 7.89. The number of benzene rings is 1. The number of sulfonamides is 1. The molecule has 1 saturated carbocycles. The maximum absolute atomic E-state index is 13.8. The molecule has 7 heteroatoms. The largest absolute Gasteiger partial charge is 0.478 e. The predicted molar refractivity (Wildman–Crippen MR) is 75.3 cm³/mol. The minimum Gasteiger partial charge on any atom is -0.478 e. The summed E-state index contributed by atoms with van der Waals surface area (Å²) >= 11 is 0. The average Bonchev–Trinajstić information content (AvgIpc) is 2.77. The minimum absolute atomic E-state index is 0.0749. The quantitative estimate of drug-likeness (QED) is 0.894. The van der Waals surface area contributed by atoms with E-state index >= 15 is 0 Å². The Morgan fingerprint density at radius 1 is 1.33 bits per heavy atom. The first-order valence-corrected chi connectivity index (χ1v) is 8.20. The number of hydrogen-bond acceptors (Lipinski definition) is 3. The third-order valence-electron chi connectivity index (χ3n) is 3.92. The minimum atomic E-state index is -3.96. The van der Waals surface area contributed by atoms with Crippen LogP contribution in [0.3, 0.4) is 0 Å². The summed E-state index contributed by atoms with van der Waals surface area (Å²) in [5.74, 6) is -2.20. The molecule has 0 atom stereocenters. The van der Waals surface area contributed by atoms with E-state index in [1.54, 1.807) is 0 Å². The highest BCUT2D eigenvalue weighted by Crippen LogP contribution is 2.31. The summed E-state index contributed by atoms with van der Waals surface area (Å²) < 4.78 is 41.3. The van der Waals surface area contributed by atoms with Gasteiger partial charge in [-0.2, -0.15) is 0 Å². The van der Waals surface area contributed by atoms with Gasteiger partial charge in [-0.25, -0.2) is 22.3 Å². The number of nitrogens with one attached hydrogen (secondary N) is 1. The van der Waals surface area contributed by atoms with Gasteiger partial charge in [0.2, 0.25) is 10.0 Å². The van der Waals surface area contributed by atoms with Gasteiger partial charge in [-0.15, -0.1) is 0 Å². The van der Waals surface area contributed by atoms with Crippen LogP contribution in [0, 0.1) is 12.7 Å². The summed E-state index contributed by atoms with van der Waals surface area (Å²) in [6, 6.07) is 1.83. The van der Waals surface area contributed by atoms with Gasteiger partial charge in [0.05, 0.1) is 10.5 Å². The lowest BCUT2D eigenvalue weighted by molar-refractivity contribution is 0.0696. The highest BCUT2D eigenvalue weighted by atomic mass is 32.2. The zero-order valence-electron chi connectivity index (χ0n) is 11.9. The first-order chi connectivity index (χ1) is 9.65. The zero-order chi connectivity index (χ0) is 15.8. The molecule has 0 unspecified atom stereocenters. The van der Waals surface area contributed by atoms with E-state index in [0.29, 0.717) is 12.8 Å². The van der Waals surface area contributed by atoms with Gasteiger partial charge in [-0.3, -0.25) is 0 Å². The van der Waals surface area contributed by atoms with Crippen molar-refractivity contribution in [2.75, 3.05) is 0 Å². The third-order valence-corrected chi connectivity index (χ3v) is 5.69. The third kappa shape index (κ3) is 3.24. The van der Waals surface area contributed by atoms with Crippen molar-refractivity contribution in [2.45, 2.75) is 50.0 Å². The summed E-state index contributed by atoms with van der Waals surface area (Å²) in [7, 11) is -3.96. The molecule has 2 N–H and O–H groups in total. The van der Waals surface area contributed by atoms with Crippen molar-refractivity contribution in [1.29, 1.82) is 0 Å². The monoisotopic (exact) mass is 315 g/mol. The Morgan fingerprint density at radius 3 is 2.43 bits per heavy atom. The molecule has 0 heterocycles. The van der Waals surface area contributed by atoms with Crippen LogP contribution in [0.2, 0.25) is 0 Å². The van der Waals surface area contributed by atoms with E-state index in [4.69, 9.17) is 5.11 Å². The van der Waals surface area contributed by atoms with Crippen LogP contribution in [0.15, 0.2) is 17.0 Å². The molecule has 2 rings (SSSR count). The molecule has 5 nitrogen and oxygen atoms in total. The molecule has 0 saturated heterocycles. The SMILES string of the molecule is Cc1c(F)cc(C(=O)O)cc1S(=O)(=O)NC1(C)CCCC1. The Hall–Kier alpha value is -1.47. The van der Waals surface area contributed by atoms with Crippen LogP contribution in [-0.2, 0) is 10.0 Å². The number of hydrogen-bond donors (Lipinski definition) is 2. The molecular weight excluding hydrogens is 297 g/mol. The summed E-state index contributed by atoms with van der Waals surface area (Å²) in [5.41, 5.74) is -1.01. The Kier molecular flexibility index (Phi) is 4.08. The molecule has 1 fully saturated rings. The molecule has 0 spiro atoms. The molecule has 0 radical (unpaired) electrons. The van der Waals surface area contributed by atoms with Crippen molar-refractivity contribution in [3.63, 3.8) is 0 Å². The maximum atomic E-state index is 13.8. The summed E-state index contributed by atoms with van der Waals surface area (Å²) in [6.07, 6.45) is 3.29. The van der Waals surface area contributed by atoms with E-state index < -0.39 is 27.3 Å². The fourth-order valence-corrected chi connectivity index (χ4v) is 4.44. The van der Waals surface area contributed by atoms with Crippen molar-refractivity contribution in [3.8, 4) is 0 Å². The van der Waals surface area contributed by atoms with Gasteiger partial charge in [0.25, 0.3) is 0 Å². The molecule has 1 aromatic carbocycles. The lowest BCUT2D eigenvalue weighted by Gasteiger charge is -2.25. The maximum Gasteiger partial charge on any atom is 0.335 e. The lowest BCUT2D eigenvalue weighted by Crippen LogP contribution is -2.43. The van der Waals surface area contributed by atoms with E-state index in [9.17, 15) is 17.6 Å². The van der Waals surface area contributed by atoms with Crippen LogP contribution in [-0.4, -0.2) is 25.0 Å². The molecular formula is C14H18FNO4S. The Labute approximate surface area is 123 Å². The summed E-state index contributed by atoms with van der Waals surface area (Å²) in [6.45, 7) is 3.14. The molecule has 1 aliphatic rings. The number of carboxylic acids is 1. The zero-order valence-corrected chi connectivity index (χ0v) is 12.8. The van der Waals surface area contributed by atoms with Gasteiger partial charge in [-0.1, -0.05) is 12.8 Å². The van der Waals surface area contributed by atoms with Crippen molar-refractivity contribution in [3.05, 3.63) is 29.1 Å². The highest BCUT2D eigenvalue weighted by Gasteiger charge is 2.34. The standard InChI is InChI=1S/C14H18FNO4S/c1-9-11(15)7-10(13(17)18)8-12(9)21(19,20)16-14(2)5-3-4-6-14/h7-8,16H,3-6H2,1-2H3,(H,17,18). The van der Waals surface area contributed by atoms with E-state index in [0.717, 1.165) is 25.0 Å². The van der Waals surface area contributed by atoms with E-state index in [1.807, 2.05) is 6.92 Å². The van der Waals surface area contributed by atoms with Crippen molar-refractivity contribution >= 4 is 16.0 Å². The molecule has 1 aromatic rings. The fourth-order valence-electron chi connectivity index (χ4n) is 2.69. The van der Waals surface area contributed by atoms with Gasteiger partial charge in [0.15, 0.2) is 0 Å². The van der Waals surface area contributed by atoms with E-state index in [-0.39, 0.29) is 16.0 Å². The summed E-state index contributed by atoms with van der Waals surface area (Å²) in [5, 5.41) is 8.94. The normalized spacial score (nSPS) is 17.9. The molecule has 0 aliphatic heterocycles. The van der Waals surface area contributed by atoms with Crippen LogP contribution < -0.4 is 4.72 Å². The number of halogens is 1. The van der Waals surface area contributed by atoms with Gasteiger partial charge in [0, 0.05) is 11.1 Å². The average molecular weight is 315 g/mol. The van der Waals surface area contributed by atoms with Gasteiger partial charge < -0.3 is 5.11 Å². The number of carbonyl (C=O) groups is 1. The number of aromatic carboxylic acids is 1. The predicted octanol–water partition coefficient (Wildman–Crippen LogP) is 2.44. The molecule has 0 amide bonds. The van der Waals surface area contributed by atoms with Crippen molar-refractivity contribution in [2.24, 2.45) is 0 Å². The molecule has 21 heavy (non-hydrogen) atoms. The molecule has 116 valence electrons. The molecule has 1 aliphatic carbocycles. The lowest BCUT2D eigenvalue weighted by atomic mass is 10.0. The van der Waals surface area contributed by atoms with E-state index in [1.165, 1.54) is 6.92 Å². The van der Waals surface area contributed by atoms with E-state index in [2.05, 4.69) is 4.72 Å². The molecule has 0 bridgehead atoms. The van der Waals surface area contributed by atoms with Crippen LogP contribution in [0.1, 0.15) is 48.5 Å². The van der Waals surface area contributed by atoms with Crippen LogP contribution in [0.25, 0.3) is 0 Å². The fraction of sp³-hybridized carbons (Fsp3) is 0.500. The topological polar surface area (TPSA) is 83.5 Å². The van der Waals surface area contributed by atoms with Gasteiger partial charge in [-0.05, 0) is 38.8 Å². The van der Waals surface area contributed by atoms with Crippen LogP contribution in [0.4, 0.5) is 4.39 Å². The second-order valence-electron chi connectivity index (χ2n) is 5.76. The second kappa shape index (κ2) is 5.38. The smallest absolute Gasteiger partial charge is 0.335 e. The Bertz CT molecular complexity index is 678. The van der Waals surface area contributed by atoms with Crippen molar-refractivity contribution < 1.29 is 22.7 Å². The second-order valence-corrected chi connectivity index (χ2v) is 7.41. The number of rotatable bonds is 4. The molecule has 0 aromatic heterocycles. The van der Waals surface area contributed by atoms with Crippen LogP contribution >= 0.6 is 0 Å². The van der Waals surface area contributed by atoms with Gasteiger partial charge in [0.1, 0.15) is 5.82 Å². The first-order valence-electron chi connectivity index (χ1n) is 6.72. The van der Waals surface area contributed by atoms with Crippen LogP contribution in [0.5, 0.6) is 0 Å². The van der Waals surface area contributed by atoms with Gasteiger partial charge >= 0.3 is 5.97 Å². The first kappa shape index (κ1) is 15.9. The number of carboxylic acid groups (broad SMARTS) is 1.